The van der Waals surface area contributed by atoms with Gasteiger partial charge in [-0.05, 0) is 25.1 Å². The first-order valence-corrected chi connectivity index (χ1v) is 6.13. The number of benzene rings is 1. The second-order valence-corrected chi connectivity index (χ2v) is 4.66. The van der Waals surface area contributed by atoms with Gasteiger partial charge in [0.05, 0.1) is 5.56 Å². The summed E-state index contributed by atoms with van der Waals surface area (Å²) in [5.41, 5.74) is 7.56. The predicted molar refractivity (Wildman–Crippen MR) is 78.5 cm³/mol. The molecule has 2 N–H and O–H groups in total. The Morgan fingerprint density at radius 2 is 2.05 bits per heavy atom. The summed E-state index contributed by atoms with van der Waals surface area (Å²) in [5, 5.41) is 0. The molecule has 2 aromatic rings. The molecule has 5 heteroatoms. The van der Waals surface area contributed by atoms with E-state index in [4.69, 9.17) is 22.4 Å². The lowest BCUT2D eigenvalue weighted by Crippen LogP contribution is -2.26. The molecule has 0 aliphatic carbocycles. The van der Waals surface area contributed by atoms with E-state index in [0.717, 1.165) is 11.3 Å². The Morgan fingerprint density at radius 3 is 2.63 bits per heavy atom. The van der Waals surface area contributed by atoms with E-state index in [1.54, 1.807) is 26.1 Å². The summed E-state index contributed by atoms with van der Waals surface area (Å²) in [6, 6.07) is 8.94. The fourth-order valence-corrected chi connectivity index (χ4v) is 1.86. The maximum Gasteiger partial charge on any atom is 0.261 e. The van der Waals surface area contributed by atoms with Crippen molar-refractivity contribution in [1.82, 2.24) is 0 Å². The van der Waals surface area contributed by atoms with Gasteiger partial charge in [-0.1, -0.05) is 24.4 Å². The number of nitrogens with zero attached hydrogens (tertiary/aromatic N) is 1. The number of aryl methyl sites for hydroxylation is 1. The maximum atomic E-state index is 12.2. The van der Waals surface area contributed by atoms with Crippen molar-refractivity contribution in [3.05, 3.63) is 53.5 Å². The monoisotopic (exact) mass is 274 g/mol. The summed E-state index contributed by atoms with van der Waals surface area (Å²) < 4.78 is 5.15. The van der Waals surface area contributed by atoms with Crippen LogP contribution in [-0.2, 0) is 0 Å². The minimum atomic E-state index is -0.142. The van der Waals surface area contributed by atoms with Crippen molar-refractivity contribution >= 4 is 28.8 Å². The largest absolute Gasteiger partial charge is 0.469 e. The first-order valence-electron chi connectivity index (χ1n) is 5.72. The molecule has 2 rings (SSSR count). The van der Waals surface area contributed by atoms with Crippen LogP contribution in [0.4, 0.5) is 5.69 Å². The molecular formula is C14H14N2O2S. The van der Waals surface area contributed by atoms with Gasteiger partial charge >= 0.3 is 0 Å². The molecule has 1 aromatic heterocycles. The van der Waals surface area contributed by atoms with E-state index < -0.39 is 0 Å². The van der Waals surface area contributed by atoms with E-state index in [2.05, 4.69) is 0 Å². The maximum absolute atomic E-state index is 12.2. The Morgan fingerprint density at radius 1 is 1.32 bits per heavy atom. The zero-order valence-electron chi connectivity index (χ0n) is 10.7. The van der Waals surface area contributed by atoms with Gasteiger partial charge in [-0.2, -0.15) is 0 Å². The third kappa shape index (κ3) is 2.82. The second-order valence-electron chi connectivity index (χ2n) is 4.22. The highest BCUT2D eigenvalue weighted by atomic mass is 32.1. The number of nitrogens with two attached hydrogens (primary N) is 1. The third-order valence-corrected chi connectivity index (χ3v) is 3.04. The van der Waals surface area contributed by atoms with Gasteiger partial charge in [0.25, 0.3) is 5.91 Å². The van der Waals surface area contributed by atoms with Gasteiger partial charge in [-0.3, -0.25) is 4.79 Å². The van der Waals surface area contributed by atoms with Crippen LogP contribution < -0.4 is 10.6 Å². The van der Waals surface area contributed by atoms with E-state index in [-0.39, 0.29) is 5.91 Å². The van der Waals surface area contributed by atoms with Crippen LogP contribution in [0.5, 0.6) is 0 Å². The Bertz CT molecular complexity index is 634. The molecule has 0 aliphatic rings. The minimum absolute atomic E-state index is 0.142. The number of anilines is 1. The summed E-state index contributed by atoms with van der Waals surface area (Å²) in [6.45, 7) is 1.80. The van der Waals surface area contributed by atoms with E-state index >= 15 is 0 Å². The van der Waals surface area contributed by atoms with Crippen LogP contribution in [0.1, 0.15) is 21.7 Å². The number of carbonyl (C=O) groups is 1. The molecule has 0 spiro atoms. The van der Waals surface area contributed by atoms with Crippen molar-refractivity contribution in [1.29, 1.82) is 0 Å². The number of amides is 1. The van der Waals surface area contributed by atoms with Crippen LogP contribution in [0.15, 0.2) is 41.0 Å². The summed E-state index contributed by atoms with van der Waals surface area (Å²) in [6.07, 6.45) is 1.45. The van der Waals surface area contributed by atoms with Gasteiger partial charge < -0.3 is 15.1 Å². The summed E-state index contributed by atoms with van der Waals surface area (Å²) >= 11 is 4.93. The van der Waals surface area contributed by atoms with Gasteiger partial charge in [0, 0.05) is 18.3 Å². The van der Waals surface area contributed by atoms with Crippen LogP contribution in [0.3, 0.4) is 0 Å². The van der Waals surface area contributed by atoms with E-state index in [1.807, 2.05) is 18.2 Å². The smallest absolute Gasteiger partial charge is 0.261 e. The molecule has 98 valence electrons. The first kappa shape index (κ1) is 13.3. The van der Waals surface area contributed by atoms with Crippen LogP contribution in [-0.4, -0.2) is 17.9 Å². The van der Waals surface area contributed by atoms with E-state index in [0.29, 0.717) is 16.3 Å². The Kier molecular flexibility index (Phi) is 3.66. The van der Waals surface area contributed by atoms with Crippen molar-refractivity contribution in [3.63, 3.8) is 0 Å². The number of hydrogen-bond donors (Lipinski definition) is 1. The molecule has 0 atom stereocenters. The summed E-state index contributed by atoms with van der Waals surface area (Å²) in [5.74, 6) is 0.561. The molecule has 0 saturated carbocycles. The lowest BCUT2D eigenvalue weighted by atomic mass is 10.1. The molecule has 1 heterocycles. The molecule has 4 nitrogen and oxygen atoms in total. The molecule has 19 heavy (non-hydrogen) atoms. The summed E-state index contributed by atoms with van der Waals surface area (Å²) in [4.78, 5) is 14.1. The predicted octanol–water partition coefficient (Wildman–Crippen LogP) is 2.50. The third-order valence-electron chi connectivity index (χ3n) is 2.80. The van der Waals surface area contributed by atoms with Gasteiger partial charge in [0.2, 0.25) is 0 Å². The van der Waals surface area contributed by atoms with Gasteiger partial charge in [-0.25, -0.2) is 0 Å². The van der Waals surface area contributed by atoms with Crippen molar-refractivity contribution in [2.24, 2.45) is 5.73 Å². The quantitative estimate of drug-likeness (QED) is 0.874. The zero-order valence-corrected chi connectivity index (χ0v) is 11.5. The highest BCUT2D eigenvalue weighted by Gasteiger charge is 2.15. The Balaban J connectivity index is 2.28. The molecule has 1 amide bonds. The fourth-order valence-electron chi connectivity index (χ4n) is 1.73. The molecule has 0 saturated heterocycles. The highest BCUT2D eigenvalue weighted by molar-refractivity contribution is 7.80. The molecule has 1 aromatic carbocycles. The molecule has 0 bridgehead atoms. The molecule has 0 fully saturated rings. The number of rotatable bonds is 3. The lowest BCUT2D eigenvalue weighted by molar-refractivity contribution is 0.0992. The number of thiocarbonyl (C=S) groups is 1. The SMILES string of the molecule is Cc1cc(C(=O)N(C)c2cccc(C(N)=S)c2)co1. The Labute approximate surface area is 116 Å². The topological polar surface area (TPSA) is 59.5 Å². The standard InChI is InChI=1S/C14H14N2O2S/c1-9-6-11(8-18-9)14(17)16(2)12-5-3-4-10(7-12)13(15)19/h3-8H,1-2H3,(H2,15,19). The molecule has 0 unspecified atom stereocenters. The normalized spacial score (nSPS) is 10.2. The van der Waals surface area contributed by atoms with Gasteiger partial charge in [-0.15, -0.1) is 0 Å². The highest BCUT2D eigenvalue weighted by Crippen LogP contribution is 2.18. The van der Waals surface area contributed by atoms with Crippen LogP contribution in [0.2, 0.25) is 0 Å². The number of furan rings is 1. The number of carbonyl (C=O) groups excluding carboxylic acids is 1. The molecular weight excluding hydrogens is 260 g/mol. The average Bonchev–Trinajstić information content (AvgIpc) is 2.84. The minimum Gasteiger partial charge on any atom is -0.469 e. The second kappa shape index (κ2) is 5.24. The van der Waals surface area contributed by atoms with Crippen molar-refractivity contribution in [3.8, 4) is 0 Å². The van der Waals surface area contributed by atoms with Crippen LogP contribution in [0, 0.1) is 6.92 Å². The van der Waals surface area contributed by atoms with Gasteiger partial charge in [0.15, 0.2) is 0 Å². The fraction of sp³-hybridized carbons (Fsp3) is 0.143. The van der Waals surface area contributed by atoms with Crippen molar-refractivity contribution in [2.45, 2.75) is 6.92 Å². The zero-order chi connectivity index (χ0) is 14.0. The van der Waals surface area contributed by atoms with Crippen molar-refractivity contribution < 1.29 is 9.21 Å². The first-order chi connectivity index (χ1) is 8.99. The van der Waals surface area contributed by atoms with Crippen molar-refractivity contribution in [2.75, 3.05) is 11.9 Å². The number of hydrogen-bond acceptors (Lipinski definition) is 3. The summed E-state index contributed by atoms with van der Waals surface area (Å²) in [7, 11) is 1.70. The van der Waals surface area contributed by atoms with E-state index in [1.165, 1.54) is 11.2 Å². The van der Waals surface area contributed by atoms with Crippen LogP contribution >= 0.6 is 12.2 Å². The van der Waals surface area contributed by atoms with Gasteiger partial charge in [0.1, 0.15) is 17.0 Å². The van der Waals surface area contributed by atoms with Crippen LogP contribution in [0.25, 0.3) is 0 Å². The lowest BCUT2D eigenvalue weighted by Gasteiger charge is -2.17. The molecule has 0 radical (unpaired) electrons. The average molecular weight is 274 g/mol. The molecule has 0 aliphatic heterocycles. The Hall–Kier alpha value is -2.14. The van der Waals surface area contributed by atoms with E-state index in [9.17, 15) is 4.79 Å².